The maximum atomic E-state index is 13.1. The van der Waals surface area contributed by atoms with Gasteiger partial charge in [-0.1, -0.05) is 12.1 Å². The lowest BCUT2D eigenvalue weighted by molar-refractivity contribution is 0.340. The van der Waals surface area contributed by atoms with E-state index in [-0.39, 0.29) is 5.82 Å². The summed E-state index contributed by atoms with van der Waals surface area (Å²) in [6, 6.07) is 14.3. The zero-order valence-corrected chi connectivity index (χ0v) is 13.6. The molecule has 0 atom stereocenters. The van der Waals surface area contributed by atoms with Crippen LogP contribution >= 0.6 is 11.3 Å². The first-order valence-corrected chi connectivity index (χ1v) is 8.20. The number of aromatic nitrogens is 1. The second-order valence-electron chi connectivity index (χ2n) is 5.09. The monoisotopic (exact) mass is 328 g/mol. The van der Waals surface area contributed by atoms with E-state index in [2.05, 4.69) is 4.98 Å². The topological polar surface area (TPSA) is 48.1 Å². The van der Waals surface area contributed by atoms with Gasteiger partial charge in [0.05, 0.1) is 12.3 Å². The Morgan fingerprint density at radius 3 is 2.70 bits per heavy atom. The first kappa shape index (κ1) is 15.5. The minimum Gasteiger partial charge on any atom is -0.494 e. The predicted octanol–water partition coefficient (Wildman–Crippen LogP) is 4.52. The molecule has 0 saturated heterocycles. The van der Waals surface area contributed by atoms with Crippen molar-refractivity contribution in [2.45, 2.75) is 13.3 Å². The molecule has 2 N–H and O–H groups in total. The predicted molar refractivity (Wildman–Crippen MR) is 92.3 cm³/mol. The summed E-state index contributed by atoms with van der Waals surface area (Å²) in [5, 5.41) is 0.514. The lowest BCUT2D eigenvalue weighted by Crippen LogP contribution is -1.94. The van der Waals surface area contributed by atoms with E-state index in [1.165, 1.54) is 23.5 Å². The molecule has 1 heterocycles. The molecule has 0 radical (unpaired) electrons. The van der Waals surface area contributed by atoms with Crippen molar-refractivity contribution < 1.29 is 9.13 Å². The second-order valence-corrected chi connectivity index (χ2v) is 6.20. The Hall–Kier alpha value is -2.40. The van der Waals surface area contributed by atoms with E-state index in [1.54, 1.807) is 12.1 Å². The third-order valence-electron chi connectivity index (χ3n) is 3.41. The summed E-state index contributed by atoms with van der Waals surface area (Å²) in [4.78, 5) is 5.47. The number of anilines is 1. The minimum absolute atomic E-state index is 0.261. The molecule has 0 aliphatic heterocycles. The van der Waals surface area contributed by atoms with Crippen LogP contribution in [-0.4, -0.2) is 11.6 Å². The van der Waals surface area contributed by atoms with Crippen molar-refractivity contribution in [3.05, 3.63) is 64.8 Å². The Kier molecular flexibility index (Phi) is 4.57. The van der Waals surface area contributed by atoms with Crippen LogP contribution < -0.4 is 10.5 Å². The number of halogens is 1. The van der Waals surface area contributed by atoms with E-state index in [1.807, 2.05) is 31.2 Å². The molecular formula is C18H17FN2OS. The number of rotatable bonds is 5. The number of benzene rings is 2. The van der Waals surface area contributed by atoms with Crippen molar-refractivity contribution >= 4 is 16.5 Å². The summed E-state index contributed by atoms with van der Waals surface area (Å²) in [7, 11) is 0. The molecule has 0 fully saturated rings. The van der Waals surface area contributed by atoms with Gasteiger partial charge >= 0.3 is 0 Å². The van der Waals surface area contributed by atoms with Gasteiger partial charge in [-0.3, -0.25) is 0 Å². The lowest BCUT2D eigenvalue weighted by Gasteiger charge is -2.06. The Labute approximate surface area is 138 Å². The van der Waals surface area contributed by atoms with Gasteiger partial charge < -0.3 is 10.5 Å². The minimum atomic E-state index is -0.261. The molecule has 1 aromatic heterocycles. The Balaban J connectivity index is 1.91. The molecule has 3 aromatic rings. The number of hydrogen-bond donors (Lipinski definition) is 1. The van der Waals surface area contributed by atoms with E-state index < -0.39 is 0 Å². The smallest absolute Gasteiger partial charge is 0.180 e. The fraction of sp³-hybridized carbons (Fsp3) is 0.167. The van der Waals surface area contributed by atoms with E-state index in [0.29, 0.717) is 18.2 Å². The number of nitrogens with two attached hydrogens (primary N) is 1. The number of nitrogen functional groups attached to an aromatic ring is 1. The van der Waals surface area contributed by atoms with Crippen LogP contribution in [0.25, 0.3) is 11.3 Å². The van der Waals surface area contributed by atoms with Crippen LogP contribution in [0.3, 0.4) is 0 Å². The van der Waals surface area contributed by atoms with Crippen LogP contribution in [-0.2, 0) is 6.42 Å². The summed E-state index contributed by atoms with van der Waals surface area (Å²) in [6.07, 6.45) is 0.711. The summed E-state index contributed by atoms with van der Waals surface area (Å²) < 4.78 is 18.7. The van der Waals surface area contributed by atoms with Crippen molar-refractivity contribution in [2.24, 2.45) is 0 Å². The average molecular weight is 328 g/mol. The molecule has 23 heavy (non-hydrogen) atoms. The molecule has 0 saturated carbocycles. The van der Waals surface area contributed by atoms with Gasteiger partial charge in [0.1, 0.15) is 11.6 Å². The molecule has 118 valence electrons. The standard InChI is InChI=1S/C18H17FN2OS/c1-2-22-15-5-3-4-12(10-15)11-16-17(21-18(20)23-16)13-6-8-14(19)9-7-13/h3-10H,2,11H2,1H3,(H2,20,21). The van der Waals surface area contributed by atoms with E-state index >= 15 is 0 Å². The van der Waals surface area contributed by atoms with Crippen molar-refractivity contribution in [3.63, 3.8) is 0 Å². The zero-order valence-electron chi connectivity index (χ0n) is 12.8. The van der Waals surface area contributed by atoms with Gasteiger partial charge in [0.25, 0.3) is 0 Å². The van der Waals surface area contributed by atoms with Crippen LogP contribution in [0.1, 0.15) is 17.4 Å². The first-order valence-electron chi connectivity index (χ1n) is 7.38. The lowest BCUT2D eigenvalue weighted by atomic mass is 10.1. The van der Waals surface area contributed by atoms with E-state index in [9.17, 15) is 4.39 Å². The number of ether oxygens (including phenoxy) is 1. The number of thiazole rings is 1. The van der Waals surface area contributed by atoms with E-state index in [4.69, 9.17) is 10.5 Å². The van der Waals surface area contributed by atoms with Crippen molar-refractivity contribution in [1.29, 1.82) is 0 Å². The van der Waals surface area contributed by atoms with Gasteiger partial charge in [-0.05, 0) is 48.9 Å². The molecular weight excluding hydrogens is 311 g/mol. The van der Waals surface area contributed by atoms with Gasteiger partial charge in [-0.25, -0.2) is 9.37 Å². The highest BCUT2D eigenvalue weighted by molar-refractivity contribution is 7.15. The molecule has 3 rings (SSSR count). The SMILES string of the molecule is CCOc1cccc(Cc2sc(N)nc2-c2ccc(F)cc2)c1. The van der Waals surface area contributed by atoms with E-state index in [0.717, 1.165) is 27.4 Å². The highest BCUT2D eigenvalue weighted by Gasteiger charge is 2.13. The van der Waals surface area contributed by atoms with Gasteiger partial charge in [-0.2, -0.15) is 0 Å². The average Bonchev–Trinajstić information content (AvgIpc) is 2.89. The third-order valence-corrected chi connectivity index (χ3v) is 4.29. The normalized spacial score (nSPS) is 10.7. The van der Waals surface area contributed by atoms with Crippen molar-refractivity contribution in [2.75, 3.05) is 12.3 Å². The first-order chi connectivity index (χ1) is 11.2. The molecule has 0 unspecified atom stereocenters. The van der Waals surface area contributed by atoms with Gasteiger partial charge in [-0.15, -0.1) is 11.3 Å². The Morgan fingerprint density at radius 2 is 1.96 bits per heavy atom. The summed E-state index contributed by atoms with van der Waals surface area (Å²) in [5.74, 6) is 0.591. The van der Waals surface area contributed by atoms with Crippen molar-refractivity contribution in [3.8, 4) is 17.0 Å². The Morgan fingerprint density at radius 1 is 1.17 bits per heavy atom. The van der Waals surface area contributed by atoms with Gasteiger partial charge in [0, 0.05) is 16.9 Å². The molecule has 0 aliphatic rings. The zero-order chi connectivity index (χ0) is 16.2. The molecule has 5 heteroatoms. The van der Waals surface area contributed by atoms with Crippen LogP contribution in [0.15, 0.2) is 48.5 Å². The van der Waals surface area contributed by atoms with Gasteiger partial charge in [0.2, 0.25) is 0 Å². The highest BCUT2D eigenvalue weighted by atomic mass is 32.1. The highest BCUT2D eigenvalue weighted by Crippen LogP contribution is 2.32. The fourth-order valence-corrected chi connectivity index (χ4v) is 3.31. The largest absolute Gasteiger partial charge is 0.494 e. The fourth-order valence-electron chi connectivity index (χ4n) is 2.42. The summed E-state index contributed by atoms with van der Waals surface area (Å²) >= 11 is 1.46. The second kappa shape index (κ2) is 6.79. The van der Waals surface area contributed by atoms with Crippen LogP contribution in [0.5, 0.6) is 5.75 Å². The maximum Gasteiger partial charge on any atom is 0.180 e. The molecule has 0 spiro atoms. The molecule has 0 aliphatic carbocycles. The number of hydrogen-bond acceptors (Lipinski definition) is 4. The van der Waals surface area contributed by atoms with Gasteiger partial charge in [0.15, 0.2) is 5.13 Å². The molecule has 2 aromatic carbocycles. The molecule has 0 bridgehead atoms. The number of nitrogens with zero attached hydrogens (tertiary/aromatic N) is 1. The molecule has 0 amide bonds. The summed E-state index contributed by atoms with van der Waals surface area (Å²) in [5.41, 5.74) is 8.70. The molecule has 3 nitrogen and oxygen atoms in total. The quantitative estimate of drug-likeness (QED) is 0.749. The van der Waals surface area contributed by atoms with Crippen LogP contribution in [0.4, 0.5) is 9.52 Å². The Bertz CT molecular complexity index is 799. The third kappa shape index (κ3) is 3.68. The van der Waals surface area contributed by atoms with Crippen LogP contribution in [0.2, 0.25) is 0 Å². The maximum absolute atomic E-state index is 13.1. The van der Waals surface area contributed by atoms with Crippen molar-refractivity contribution in [1.82, 2.24) is 4.98 Å². The van der Waals surface area contributed by atoms with Crippen LogP contribution in [0, 0.1) is 5.82 Å². The summed E-state index contributed by atoms with van der Waals surface area (Å²) in [6.45, 7) is 2.60.